The highest BCUT2D eigenvalue weighted by molar-refractivity contribution is 6.14. The monoisotopic (exact) mass is 836 g/mol. The molecule has 4 aromatic carbocycles. The van der Waals surface area contributed by atoms with Gasteiger partial charge >= 0.3 is 0 Å². The molecule has 8 bridgehead atoms. The van der Waals surface area contributed by atoms with Crippen LogP contribution in [0.2, 0.25) is 0 Å². The maximum atomic E-state index is 6.00. The Morgan fingerprint density at radius 2 is 0.892 bits per heavy atom. The Morgan fingerprint density at radius 3 is 1.42 bits per heavy atom. The Balaban J connectivity index is 1.29. The van der Waals surface area contributed by atoms with Crippen molar-refractivity contribution in [3.05, 3.63) is 170 Å². The van der Waals surface area contributed by atoms with E-state index in [4.69, 9.17) is 42.1 Å². The molecule has 0 aliphatic carbocycles. The summed E-state index contributed by atoms with van der Waals surface area (Å²) in [5.41, 5.74) is 18.7. The summed E-state index contributed by atoms with van der Waals surface area (Å²) in [6, 6.07) is 36.2. The molecule has 10 aromatic rings. The molecule has 2 aliphatic rings. The zero-order valence-corrected chi connectivity index (χ0v) is 34.3. The van der Waals surface area contributed by atoms with Crippen molar-refractivity contribution in [1.82, 2.24) is 54.8 Å². The van der Waals surface area contributed by atoms with Crippen molar-refractivity contribution in [2.45, 2.75) is 0 Å². The summed E-state index contributed by atoms with van der Waals surface area (Å²) >= 11 is 0. The fourth-order valence-electron chi connectivity index (χ4n) is 8.95. The number of benzene rings is 4. The van der Waals surface area contributed by atoms with Crippen molar-refractivity contribution in [1.29, 1.82) is 0 Å². The van der Waals surface area contributed by atoms with E-state index in [1.807, 2.05) is 91.0 Å². The number of fused-ring (bicyclic) bond motifs is 20. The van der Waals surface area contributed by atoms with Crippen LogP contribution in [-0.4, -0.2) is 54.8 Å². The number of pyridine rings is 3. The third-order valence-corrected chi connectivity index (χ3v) is 11.7. The van der Waals surface area contributed by atoms with Gasteiger partial charge in [0.1, 0.15) is 22.6 Å². The zero-order chi connectivity index (χ0) is 43.4. The van der Waals surface area contributed by atoms with Gasteiger partial charge < -0.3 is 15.7 Å². The fourth-order valence-corrected chi connectivity index (χ4v) is 8.95. The molecule has 0 amide bonds. The van der Waals surface area contributed by atoms with E-state index in [-0.39, 0.29) is 0 Å². The molecule has 8 heterocycles. The van der Waals surface area contributed by atoms with E-state index in [0.29, 0.717) is 45.9 Å². The molecule has 12 rings (SSSR count). The van der Waals surface area contributed by atoms with Crippen LogP contribution in [0.5, 0.6) is 0 Å². The number of hydrogen-bond donors (Lipinski definition) is 3. The van der Waals surface area contributed by atoms with E-state index in [0.717, 1.165) is 88.3 Å². The second kappa shape index (κ2) is 15.2. The number of aromatic nitrogens is 11. The molecule has 0 fully saturated rings. The zero-order valence-electron chi connectivity index (χ0n) is 34.3. The van der Waals surface area contributed by atoms with E-state index in [1.54, 1.807) is 49.3 Å². The van der Waals surface area contributed by atoms with E-state index in [2.05, 4.69) is 49.0 Å². The SMILES string of the molecule is C#C/C=C(\C=C/N)c1cccc2c3nc4nc(nc5[nH]c(nc6nc(nc([nH]3)c12)-c1cccc(-c2ccncc2)c1-6)c1cccc(-c2ccncc2)c51)-c1cccc(-c2ccncc2)c1-4. The Labute approximate surface area is 370 Å². The molecule has 0 saturated carbocycles. The molecule has 4 N–H and O–H groups in total. The van der Waals surface area contributed by atoms with Gasteiger partial charge in [-0.05, 0) is 99.3 Å². The normalized spacial score (nSPS) is 12.1. The van der Waals surface area contributed by atoms with Gasteiger partial charge in [0.2, 0.25) is 0 Å². The summed E-state index contributed by atoms with van der Waals surface area (Å²) in [7, 11) is 0. The summed E-state index contributed by atoms with van der Waals surface area (Å²) in [5.74, 6) is 4.57. The number of nitrogens with two attached hydrogens (primary N) is 1. The Morgan fingerprint density at radius 1 is 0.462 bits per heavy atom. The fraction of sp³-hybridized carbons (Fsp3) is 0. The molecule has 304 valence electrons. The quantitative estimate of drug-likeness (QED) is 0.112. The van der Waals surface area contributed by atoms with Gasteiger partial charge in [0.25, 0.3) is 0 Å². The van der Waals surface area contributed by atoms with Crippen LogP contribution in [0, 0.1) is 12.3 Å². The van der Waals surface area contributed by atoms with Gasteiger partial charge in [0, 0.05) is 81.0 Å². The second-order valence-electron chi connectivity index (χ2n) is 15.4. The van der Waals surface area contributed by atoms with Crippen LogP contribution in [0.4, 0.5) is 0 Å². The second-order valence-corrected chi connectivity index (χ2v) is 15.4. The summed E-state index contributed by atoms with van der Waals surface area (Å²) < 4.78 is 0. The van der Waals surface area contributed by atoms with Crippen LogP contribution in [0.1, 0.15) is 5.56 Å². The molecule has 12 heteroatoms. The van der Waals surface area contributed by atoms with Crippen molar-refractivity contribution in [2.75, 3.05) is 0 Å². The highest BCUT2D eigenvalue weighted by atomic mass is 15.1. The molecule has 0 spiro atoms. The van der Waals surface area contributed by atoms with Crippen LogP contribution >= 0.6 is 0 Å². The molecule has 0 radical (unpaired) electrons. The minimum absolute atomic E-state index is 0.459. The van der Waals surface area contributed by atoms with Crippen LogP contribution in [-0.2, 0) is 0 Å². The molecular formula is C53H32N12. The largest absolute Gasteiger partial charge is 0.405 e. The van der Waals surface area contributed by atoms with E-state index in [9.17, 15) is 0 Å². The van der Waals surface area contributed by atoms with Crippen LogP contribution in [0.15, 0.2) is 165 Å². The molecule has 0 unspecified atom stereocenters. The molecule has 0 atom stereocenters. The maximum Gasteiger partial charge on any atom is 0.165 e. The third kappa shape index (κ3) is 6.14. The maximum absolute atomic E-state index is 6.00. The lowest BCUT2D eigenvalue weighted by atomic mass is 9.96. The highest BCUT2D eigenvalue weighted by Crippen LogP contribution is 2.44. The average molecular weight is 837 g/mol. The standard InChI is InChI=1S/C53H32N12/c1-2-7-30(16-23-54)34-8-3-12-38-42(34)50-58-46(38)60-51-44-36(32-19-26-56-27-20-32)10-5-14-40(44)48(62-51)64-53-45-37(33-21-28-57-29-22-33)11-6-15-41(45)49(65-53)63-52-43-35(31-17-24-55-25-18-31)9-4-13-39(43)47(59-50)61-52/h1,3-29H,54H2,(H2,58,59,60,61,62,63,64,65)/b23-16-,30-7+. The Bertz CT molecular complexity index is 3800. The van der Waals surface area contributed by atoms with Gasteiger partial charge in [0.15, 0.2) is 23.3 Å². The van der Waals surface area contributed by atoms with Crippen LogP contribution < -0.4 is 5.73 Å². The van der Waals surface area contributed by atoms with Gasteiger partial charge in [-0.1, -0.05) is 78.7 Å². The Hall–Kier alpha value is -9.47. The van der Waals surface area contributed by atoms with Crippen LogP contribution in [0.3, 0.4) is 0 Å². The lowest BCUT2D eigenvalue weighted by Gasteiger charge is -2.08. The highest BCUT2D eigenvalue weighted by Gasteiger charge is 2.27. The predicted octanol–water partition coefficient (Wildman–Crippen LogP) is 10.5. The van der Waals surface area contributed by atoms with Crippen molar-refractivity contribution in [2.24, 2.45) is 5.73 Å². The first kappa shape index (κ1) is 37.3. The van der Waals surface area contributed by atoms with Crippen molar-refractivity contribution in [3.8, 4) is 91.3 Å². The summed E-state index contributed by atoms with van der Waals surface area (Å²) in [5, 5.41) is 3.27. The van der Waals surface area contributed by atoms with Gasteiger partial charge in [0.05, 0.1) is 0 Å². The number of nitrogens with one attached hydrogen (secondary N) is 2. The first-order valence-corrected chi connectivity index (χ1v) is 20.8. The van der Waals surface area contributed by atoms with E-state index >= 15 is 0 Å². The number of aromatic amines is 2. The molecule has 2 aliphatic heterocycles. The molecule has 6 aromatic heterocycles. The topological polar surface area (TPSA) is 174 Å². The number of rotatable bonds is 5. The summed E-state index contributed by atoms with van der Waals surface area (Å²) in [4.78, 5) is 52.2. The van der Waals surface area contributed by atoms with Crippen LogP contribution in [0.25, 0.3) is 129 Å². The third-order valence-electron chi connectivity index (χ3n) is 11.7. The van der Waals surface area contributed by atoms with Crippen molar-refractivity contribution in [3.63, 3.8) is 0 Å². The Kier molecular flexibility index (Phi) is 8.70. The van der Waals surface area contributed by atoms with Crippen molar-refractivity contribution >= 4 is 49.7 Å². The van der Waals surface area contributed by atoms with Gasteiger partial charge in [-0.2, -0.15) is 0 Å². The van der Waals surface area contributed by atoms with Gasteiger partial charge in [-0.25, -0.2) is 29.9 Å². The van der Waals surface area contributed by atoms with E-state index < -0.39 is 0 Å². The van der Waals surface area contributed by atoms with Gasteiger partial charge in [-0.15, -0.1) is 6.42 Å². The smallest absolute Gasteiger partial charge is 0.165 e. The molecule has 0 saturated heterocycles. The predicted molar refractivity (Wildman–Crippen MR) is 256 cm³/mol. The lowest BCUT2D eigenvalue weighted by Crippen LogP contribution is -1.88. The molecule has 65 heavy (non-hydrogen) atoms. The van der Waals surface area contributed by atoms with Gasteiger partial charge in [-0.3, -0.25) is 15.0 Å². The molecular weight excluding hydrogens is 805 g/mol. The average Bonchev–Trinajstić information content (AvgIpc) is 4.10. The number of nitrogens with zero attached hydrogens (tertiary/aromatic N) is 9. The minimum atomic E-state index is 0.459. The molecule has 12 nitrogen and oxygen atoms in total. The number of terminal acetylenes is 1. The first-order chi connectivity index (χ1) is 32.1. The number of H-pyrrole nitrogens is 2. The number of hydrogen-bond acceptors (Lipinski definition) is 10. The van der Waals surface area contributed by atoms with Crippen molar-refractivity contribution < 1.29 is 0 Å². The minimum Gasteiger partial charge on any atom is -0.405 e. The van der Waals surface area contributed by atoms with E-state index in [1.165, 1.54) is 6.20 Å². The number of allylic oxidation sites excluding steroid dienone is 3. The lowest BCUT2D eigenvalue weighted by molar-refractivity contribution is 1.19. The first-order valence-electron chi connectivity index (χ1n) is 20.8. The summed E-state index contributed by atoms with van der Waals surface area (Å²) in [6.07, 6.45) is 21.5. The summed E-state index contributed by atoms with van der Waals surface area (Å²) in [6.45, 7) is 0.